The monoisotopic (exact) mass is 249 g/mol. The number of hydrogen-bond donors (Lipinski definition) is 1. The summed E-state index contributed by atoms with van der Waals surface area (Å²) in [5.41, 5.74) is 3.16. The minimum Gasteiger partial charge on any atom is -0.364 e. The number of nitrogens with one attached hydrogen (secondary N) is 1. The van der Waals surface area contributed by atoms with Gasteiger partial charge in [0.15, 0.2) is 6.04 Å². The van der Waals surface area contributed by atoms with Gasteiger partial charge in [-0.2, -0.15) is 5.26 Å². The molecule has 80 valence electrons. The highest BCUT2D eigenvalue weighted by Crippen LogP contribution is 2.25. The Kier molecular flexibility index (Phi) is 3.40. The van der Waals surface area contributed by atoms with Gasteiger partial charge in [0, 0.05) is 5.38 Å². The van der Waals surface area contributed by atoms with E-state index in [4.69, 9.17) is 16.9 Å². The van der Waals surface area contributed by atoms with Gasteiger partial charge < -0.3 is 5.32 Å². The number of hydrogen-bond acceptors (Lipinski definition) is 4. The first kappa shape index (κ1) is 10.9. The van der Waals surface area contributed by atoms with E-state index in [2.05, 4.69) is 16.4 Å². The molecule has 0 spiro atoms. The molecule has 1 N–H and O–H groups in total. The zero-order valence-electron chi connectivity index (χ0n) is 8.22. The Morgan fingerprint density at radius 1 is 1.44 bits per heavy atom. The summed E-state index contributed by atoms with van der Waals surface area (Å²) in [4.78, 5) is 4.10. The lowest BCUT2D eigenvalue weighted by Crippen LogP contribution is -2.08. The number of benzene rings is 1. The summed E-state index contributed by atoms with van der Waals surface area (Å²) in [7, 11) is 0. The van der Waals surface area contributed by atoms with E-state index in [0.717, 1.165) is 5.69 Å². The first-order valence-electron chi connectivity index (χ1n) is 4.60. The van der Waals surface area contributed by atoms with Gasteiger partial charge in [0.25, 0.3) is 0 Å². The lowest BCUT2D eigenvalue weighted by Gasteiger charge is -2.11. The third-order valence-electron chi connectivity index (χ3n) is 2.05. The average Bonchev–Trinajstić information content (AvgIpc) is 2.81. The molecule has 1 heterocycles. The molecule has 0 saturated carbocycles. The smallest absolute Gasteiger partial charge is 0.158 e. The van der Waals surface area contributed by atoms with Crippen molar-refractivity contribution in [1.29, 1.82) is 5.26 Å². The normalized spacial score (nSPS) is 11.8. The quantitative estimate of drug-likeness (QED) is 0.906. The molecule has 0 saturated heterocycles. The highest BCUT2D eigenvalue weighted by Gasteiger charge is 2.13. The van der Waals surface area contributed by atoms with Crippen LogP contribution in [-0.4, -0.2) is 4.98 Å². The molecular formula is C11H8ClN3S. The van der Waals surface area contributed by atoms with Gasteiger partial charge in [-0.3, -0.25) is 0 Å². The van der Waals surface area contributed by atoms with Gasteiger partial charge in [0.05, 0.1) is 28.0 Å². The summed E-state index contributed by atoms with van der Waals surface area (Å²) < 4.78 is 0. The average molecular weight is 250 g/mol. The summed E-state index contributed by atoms with van der Waals surface area (Å²) in [6, 6.07) is 9.01. The van der Waals surface area contributed by atoms with Crippen LogP contribution in [0, 0.1) is 11.3 Å². The maximum Gasteiger partial charge on any atom is 0.158 e. The van der Waals surface area contributed by atoms with Crippen LogP contribution in [0.25, 0.3) is 0 Å². The molecule has 2 rings (SSSR count). The Bertz CT molecular complexity index is 504. The van der Waals surface area contributed by atoms with Gasteiger partial charge in [-0.05, 0) is 12.1 Å². The lowest BCUT2D eigenvalue weighted by atomic mass is 10.2. The fourth-order valence-corrected chi connectivity index (χ4v) is 2.04. The van der Waals surface area contributed by atoms with Gasteiger partial charge in [0.2, 0.25) is 0 Å². The minimum atomic E-state index is -0.467. The van der Waals surface area contributed by atoms with Crippen molar-refractivity contribution in [3.8, 4) is 6.07 Å². The number of anilines is 1. The van der Waals surface area contributed by atoms with Crippen LogP contribution in [-0.2, 0) is 0 Å². The van der Waals surface area contributed by atoms with Crippen LogP contribution in [0.3, 0.4) is 0 Å². The summed E-state index contributed by atoms with van der Waals surface area (Å²) in [6.07, 6.45) is 0. The second-order valence-electron chi connectivity index (χ2n) is 3.10. The van der Waals surface area contributed by atoms with Crippen molar-refractivity contribution in [3.05, 3.63) is 45.9 Å². The Morgan fingerprint density at radius 3 is 2.88 bits per heavy atom. The molecule has 16 heavy (non-hydrogen) atoms. The highest BCUT2D eigenvalue weighted by atomic mass is 35.5. The van der Waals surface area contributed by atoms with Crippen molar-refractivity contribution >= 4 is 28.6 Å². The van der Waals surface area contributed by atoms with Crippen LogP contribution in [0.1, 0.15) is 11.7 Å². The van der Waals surface area contributed by atoms with Crippen LogP contribution in [0.15, 0.2) is 35.2 Å². The summed E-state index contributed by atoms with van der Waals surface area (Å²) in [6.45, 7) is 0. The molecule has 1 atom stereocenters. The van der Waals surface area contributed by atoms with Crippen molar-refractivity contribution in [2.24, 2.45) is 0 Å². The SMILES string of the molecule is N#CC(Nc1ccccc1Cl)c1cscn1. The maximum absolute atomic E-state index is 9.06. The van der Waals surface area contributed by atoms with Crippen molar-refractivity contribution in [3.63, 3.8) is 0 Å². The molecule has 1 unspecified atom stereocenters. The number of aromatic nitrogens is 1. The lowest BCUT2D eigenvalue weighted by molar-refractivity contribution is 0.951. The van der Waals surface area contributed by atoms with E-state index in [9.17, 15) is 0 Å². The zero-order valence-corrected chi connectivity index (χ0v) is 9.79. The molecule has 0 radical (unpaired) electrons. The largest absolute Gasteiger partial charge is 0.364 e. The van der Waals surface area contributed by atoms with Gasteiger partial charge in [-0.25, -0.2) is 4.98 Å². The van der Waals surface area contributed by atoms with E-state index in [1.165, 1.54) is 11.3 Å². The fraction of sp³-hybridized carbons (Fsp3) is 0.0909. The number of rotatable bonds is 3. The van der Waals surface area contributed by atoms with Gasteiger partial charge in [0.1, 0.15) is 0 Å². The fourth-order valence-electron chi connectivity index (χ4n) is 1.27. The molecule has 2 aromatic rings. The van der Waals surface area contributed by atoms with Crippen LogP contribution in [0.5, 0.6) is 0 Å². The van der Waals surface area contributed by atoms with E-state index in [-0.39, 0.29) is 0 Å². The zero-order chi connectivity index (χ0) is 11.4. The maximum atomic E-state index is 9.06. The molecule has 1 aromatic carbocycles. The second-order valence-corrected chi connectivity index (χ2v) is 4.23. The second kappa shape index (κ2) is 4.97. The summed E-state index contributed by atoms with van der Waals surface area (Å²) in [5.74, 6) is 0. The van der Waals surface area contributed by atoms with Crippen LogP contribution in [0.2, 0.25) is 5.02 Å². The topological polar surface area (TPSA) is 48.7 Å². The van der Waals surface area contributed by atoms with E-state index in [1.54, 1.807) is 11.6 Å². The van der Waals surface area contributed by atoms with E-state index in [1.807, 2.05) is 23.6 Å². The van der Waals surface area contributed by atoms with Crippen LogP contribution >= 0.6 is 22.9 Å². The Hall–Kier alpha value is -1.57. The number of nitrogens with zero attached hydrogens (tertiary/aromatic N) is 2. The van der Waals surface area contributed by atoms with Crippen molar-refractivity contribution in [1.82, 2.24) is 4.98 Å². The molecule has 0 aliphatic heterocycles. The third-order valence-corrected chi connectivity index (χ3v) is 2.98. The van der Waals surface area contributed by atoms with Crippen LogP contribution in [0.4, 0.5) is 5.69 Å². The molecule has 5 heteroatoms. The molecule has 0 fully saturated rings. The summed E-state index contributed by atoms with van der Waals surface area (Å²) in [5, 5.41) is 14.5. The molecule has 0 bridgehead atoms. The first-order valence-corrected chi connectivity index (χ1v) is 5.92. The number of thiazole rings is 1. The van der Waals surface area contributed by atoms with E-state index < -0.39 is 6.04 Å². The number of nitriles is 1. The minimum absolute atomic E-state index is 0.467. The molecule has 0 aliphatic rings. The third kappa shape index (κ3) is 2.32. The standard InChI is InChI=1S/C11H8ClN3S/c12-8-3-1-2-4-9(8)15-10(5-13)11-6-16-7-14-11/h1-4,6-7,10,15H. The molecule has 3 nitrogen and oxygen atoms in total. The Labute approximate surface area is 102 Å². The predicted molar refractivity (Wildman–Crippen MR) is 65.5 cm³/mol. The van der Waals surface area contributed by atoms with Crippen molar-refractivity contribution < 1.29 is 0 Å². The predicted octanol–water partition coefficient (Wildman–Crippen LogP) is 3.47. The van der Waals surface area contributed by atoms with Crippen LogP contribution < -0.4 is 5.32 Å². The van der Waals surface area contributed by atoms with Gasteiger partial charge in [-0.1, -0.05) is 23.7 Å². The Morgan fingerprint density at radius 2 is 2.25 bits per heavy atom. The first-order chi connectivity index (χ1) is 7.81. The number of halogens is 1. The van der Waals surface area contributed by atoms with E-state index in [0.29, 0.717) is 10.7 Å². The Balaban J connectivity index is 2.21. The highest BCUT2D eigenvalue weighted by molar-refractivity contribution is 7.07. The van der Waals surface area contributed by atoms with Gasteiger partial charge >= 0.3 is 0 Å². The van der Waals surface area contributed by atoms with E-state index >= 15 is 0 Å². The molecule has 0 aliphatic carbocycles. The molecular weight excluding hydrogens is 242 g/mol. The molecule has 1 aromatic heterocycles. The van der Waals surface area contributed by atoms with Crippen molar-refractivity contribution in [2.75, 3.05) is 5.32 Å². The summed E-state index contributed by atoms with van der Waals surface area (Å²) >= 11 is 7.46. The van der Waals surface area contributed by atoms with Crippen molar-refractivity contribution in [2.45, 2.75) is 6.04 Å². The number of para-hydroxylation sites is 1. The molecule has 0 amide bonds. The van der Waals surface area contributed by atoms with Gasteiger partial charge in [-0.15, -0.1) is 11.3 Å².